The number of carbonyl (C=O) groups is 2. The third-order valence-electron chi connectivity index (χ3n) is 5.92. The van der Waals surface area contributed by atoms with E-state index in [1.807, 2.05) is 33.8 Å². The van der Waals surface area contributed by atoms with Gasteiger partial charge in [-0.2, -0.15) is 13.2 Å². The van der Waals surface area contributed by atoms with E-state index in [4.69, 9.17) is 5.73 Å². The van der Waals surface area contributed by atoms with Gasteiger partial charge in [0.15, 0.2) is 6.29 Å². The van der Waals surface area contributed by atoms with Crippen LogP contribution in [-0.4, -0.2) is 45.7 Å². The van der Waals surface area contributed by atoms with E-state index in [1.165, 1.54) is 24.3 Å². The molecule has 6 nitrogen and oxygen atoms in total. The molecule has 0 amide bonds. The van der Waals surface area contributed by atoms with Gasteiger partial charge in [-0.15, -0.1) is 0 Å². The Balaban J connectivity index is 2.01. The van der Waals surface area contributed by atoms with Crippen molar-refractivity contribution in [3.8, 4) is 0 Å². The van der Waals surface area contributed by atoms with Gasteiger partial charge in [-0.05, 0) is 81.4 Å². The van der Waals surface area contributed by atoms with Crippen molar-refractivity contribution in [2.24, 2.45) is 0 Å². The molecule has 1 aromatic heterocycles. The molecule has 1 fully saturated rings. The van der Waals surface area contributed by atoms with E-state index in [1.54, 1.807) is 17.2 Å². The summed E-state index contributed by atoms with van der Waals surface area (Å²) in [5.74, 6) is -0.237. The second kappa shape index (κ2) is 8.40. The monoisotopic (exact) mass is 466 g/mol. The summed E-state index contributed by atoms with van der Waals surface area (Å²) in [6.07, 6.45) is 1.91. The van der Waals surface area contributed by atoms with Crippen LogP contribution in [0, 0.1) is 0 Å². The molecule has 1 unspecified atom stereocenters. The van der Waals surface area contributed by atoms with Crippen LogP contribution >= 0.6 is 11.8 Å². The number of thioether (sulfide) groups is 1. The van der Waals surface area contributed by atoms with Crippen LogP contribution in [0.2, 0.25) is 0 Å². The average Bonchev–Trinajstić information content (AvgIpc) is 2.98. The summed E-state index contributed by atoms with van der Waals surface area (Å²) in [7, 11) is 0. The third kappa shape index (κ3) is 4.61. The first-order chi connectivity index (χ1) is 14.8. The summed E-state index contributed by atoms with van der Waals surface area (Å²) < 4.78 is 38.0. The van der Waals surface area contributed by atoms with Gasteiger partial charge in [-0.25, -0.2) is 4.98 Å². The maximum atomic E-state index is 12.7. The molecule has 2 heterocycles. The number of anilines is 2. The lowest BCUT2D eigenvalue weighted by molar-refractivity contribution is -0.132. The standard InChI is InChI=1S/C22H25F3N4O2S/c1-20(2,14-9-10-27-18(26)11-14)29-13-28(19(17(31)12-30)21(29,3)4)15-5-7-16(8-6-15)32-22(23,24)25/h5-12,19H,13H2,1-4H3,(H2,26,27). The molecule has 2 N–H and O–H groups in total. The minimum atomic E-state index is -4.39. The molecule has 0 radical (unpaired) electrons. The molecule has 10 heteroatoms. The van der Waals surface area contributed by atoms with Gasteiger partial charge < -0.3 is 10.6 Å². The number of carbonyl (C=O) groups excluding carboxylic acids is 2. The summed E-state index contributed by atoms with van der Waals surface area (Å²) in [6.45, 7) is 7.99. The van der Waals surface area contributed by atoms with Crippen molar-refractivity contribution in [2.45, 2.75) is 55.2 Å². The summed E-state index contributed by atoms with van der Waals surface area (Å²) in [5, 5.41) is 0. The van der Waals surface area contributed by atoms with E-state index in [9.17, 15) is 22.8 Å². The Labute approximate surface area is 189 Å². The molecular weight excluding hydrogens is 441 g/mol. The SMILES string of the molecule is CC(C)(c1ccnc(N)c1)N1CN(c2ccc(SC(F)(F)F)cc2)C(C(=O)C=O)C1(C)C. The molecule has 1 aliphatic heterocycles. The molecular formula is C22H25F3N4O2S. The van der Waals surface area contributed by atoms with Gasteiger partial charge in [0.25, 0.3) is 0 Å². The number of hydrogen-bond donors (Lipinski definition) is 1. The van der Waals surface area contributed by atoms with E-state index < -0.39 is 28.4 Å². The number of aldehydes is 1. The van der Waals surface area contributed by atoms with Gasteiger partial charge in [-0.1, -0.05) is 0 Å². The van der Waals surface area contributed by atoms with Crippen LogP contribution in [0.25, 0.3) is 0 Å². The molecule has 1 aliphatic rings. The lowest BCUT2D eigenvalue weighted by Crippen LogP contribution is -2.56. The second-order valence-electron chi connectivity index (χ2n) is 8.69. The molecule has 0 bridgehead atoms. The molecule has 172 valence electrons. The number of benzene rings is 1. The minimum Gasteiger partial charge on any atom is -0.384 e. The Morgan fingerprint density at radius 1 is 1.22 bits per heavy atom. The molecule has 1 aromatic carbocycles. The predicted molar refractivity (Wildman–Crippen MR) is 118 cm³/mol. The molecule has 1 saturated heterocycles. The Hall–Kier alpha value is -2.59. The Kier molecular flexibility index (Phi) is 6.32. The zero-order valence-electron chi connectivity index (χ0n) is 18.2. The number of rotatable bonds is 6. The van der Waals surface area contributed by atoms with E-state index in [0.29, 0.717) is 17.8 Å². The quantitative estimate of drug-likeness (QED) is 0.388. The Morgan fingerprint density at radius 3 is 2.38 bits per heavy atom. The number of ketones is 1. The Bertz CT molecular complexity index is 1010. The molecule has 2 aromatic rings. The number of nitrogens with two attached hydrogens (primary N) is 1. The number of nitrogen functional groups attached to an aromatic ring is 1. The summed E-state index contributed by atoms with van der Waals surface area (Å²) in [6, 6.07) is 8.58. The summed E-state index contributed by atoms with van der Waals surface area (Å²) in [5.41, 5.74) is 1.55. The summed E-state index contributed by atoms with van der Waals surface area (Å²) in [4.78, 5) is 32.1. The number of aromatic nitrogens is 1. The number of pyridine rings is 1. The van der Waals surface area contributed by atoms with Gasteiger partial charge in [0.1, 0.15) is 11.9 Å². The van der Waals surface area contributed by atoms with Crippen LogP contribution in [0.15, 0.2) is 47.5 Å². The predicted octanol–water partition coefficient (Wildman–Crippen LogP) is 4.21. The fourth-order valence-corrected chi connectivity index (χ4v) is 5.00. The van der Waals surface area contributed by atoms with Crippen molar-refractivity contribution in [2.75, 3.05) is 17.3 Å². The van der Waals surface area contributed by atoms with E-state index >= 15 is 0 Å². The normalized spacial score (nSPS) is 19.2. The van der Waals surface area contributed by atoms with Crippen molar-refractivity contribution in [3.63, 3.8) is 0 Å². The first kappa shape index (κ1) is 24.1. The van der Waals surface area contributed by atoms with Crippen molar-refractivity contribution < 1.29 is 22.8 Å². The maximum absolute atomic E-state index is 12.7. The highest BCUT2D eigenvalue weighted by molar-refractivity contribution is 8.00. The first-order valence-electron chi connectivity index (χ1n) is 9.88. The lowest BCUT2D eigenvalue weighted by Gasteiger charge is -2.44. The third-order valence-corrected chi connectivity index (χ3v) is 6.66. The number of nitrogens with zero attached hydrogens (tertiary/aromatic N) is 3. The highest BCUT2D eigenvalue weighted by atomic mass is 32.2. The van der Waals surface area contributed by atoms with Crippen molar-refractivity contribution >= 4 is 35.3 Å². The van der Waals surface area contributed by atoms with Gasteiger partial charge in [0.2, 0.25) is 5.78 Å². The topological polar surface area (TPSA) is 79.5 Å². The second-order valence-corrected chi connectivity index (χ2v) is 9.82. The van der Waals surface area contributed by atoms with Crippen molar-refractivity contribution in [3.05, 3.63) is 48.2 Å². The van der Waals surface area contributed by atoms with E-state index in [-0.39, 0.29) is 23.3 Å². The van der Waals surface area contributed by atoms with E-state index in [2.05, 4.69) is 9.88 Å². The van der Waals surface area contributed by atoms with Crippen molar-refractivity contribution in [1.82, 2.24) is 9.88 Å². The van der Waals surface area contributed by atoms with Gasteiger partial charge in [-0.3, -0.25) is 14.5 Å². The zero-order chi connectivity index (χ0) is 23.9. The van der Waals surface area contributed by atoms with Crippen LogP contribution in [0.1, 0.15) is 33.3 Å². The van der Waals surface area contributed by atoms with Crippen LogP contribution in [-0.2, 0) is 15.1 Å². The smallest absolute Gasteiger partial charge is 0.384 e. The van der Waals surface area contributed by atoms with Crippen molar-refractivity contribution in [1.29, 1.82) is 0 Å². The fraction of sp³-hybridized carbons (Fsp3) is 0.409. The van der Waals surface area contributed by atoms with E-state index in [0.717, 1.165) is 5.56 Å². The molecule has 0 saturated carbocycles. The number of hydrogen-bond acceptors (Lipinski definition) is 7. The molecule has 0 aliphatic carbocycles. The number of alkyl halides is 3. The number of Topliss-reactive ketones (excluding diaryl/α,β-unsaturated/α-hetero) is 1. The Morgan fingerprint density at radius 2 is 1.84 bits per heavy atom. The van der Waals surface area contributed by atoms with Gasteiger partial charge >= 0.3 is 5.51 Å². The van der Waals surface area contributed by atoms with Crippen LogP contribution in [0.5, 0.6) is 0 Å². The molecule has 0 spiro atoms. The largest absolute Gasteiger partial charge is 0.446 e. The van der Waals surface area contributed by atoms with Crippen LogP contribution in [0.3, 0.4) is 0 Å². The van der Waals surface area contributed by atoms with Crippen LogP contribution < -0.4 is 10.6 Å². The minimum absolute atomic E-state index is 0.0439. The van der Waals surface area contributed by atoms with Gasteiger partial charge in [0.05, 0.1) is 6.67 Å². The fourth-order valence-electron chi connectivity index (χ4n) is 4.46. The molecule has 1 atom stereocenters. The van der Waals surface area contributed by atoms with Gasteiger partial charge in [0, 0.05) is 27.9 Å². The molecule has 3 rings (SSSR count). The highest BCUT2D eigenvalue weighted by Crippen LogP contribution is 2.44. The zero-order valence-corrected chi connectivity index (χ0v) is 19.0. The van der Waals surface area contributed by atoms with Crippen LogP contribution in [0.4, 0.5) is 24.7 Å². The maximum Gasteiger partial charge on any atom is 0.446 e. The molecule has 32 heavy (non-hydrogen) atoms. The lowest BCUT2D eigenvalue weighted by atomic mass is 9.84. The number of halogens is 3. The first-order valence-corrected chi connectivity index (χ1v) is 10.7. The summed E-state index contributed by atoms with van der Waals surface area (Å²) >= 11 is -0.203. The highest BCUT2D eigenvalue weighted by Gasteiger charge is 2.54. The average molecular weight is 467 g/mol.